The number of likely N-dealkylation sites (N-methyl/N-ethyl adjacent to an activating group) is 1. The summed E-state index contributed by atoms with van der Waals surface area (Å²) in [5, 5.41) is 0. The minimum Gasteiger partial charge on any atom is -0.496 e. The van der Waals surface area contributed by atoms with Gasteiger partial charge in [-0.1, -0.05) is 19.1 Å². The van der Waals surface area contributed by atoms with Gasteiger partial charge >= 0.3 is 0 Å². The fourth-order valence-electron chi connectivity index (χ4n) is 1.67. The van der Waals surface area contributed by atoms with E-state index in [-0.39, 0.29) is 0 Å². The molecule has 0 radical (unpaired) electrons. The predicted octanol–water partition coefficient (Wildman–Crippen LogP) is 1.65. The van der Waals surface area contributed by atoms with Crippen molar-refractivity contribution in [3.63, 3.8) is 0 Å². The van der Waals surface area contributed by atoms with Crippen LogP contribution in [-0.4, -0.2) is 32.3 Å². The molecule has 3 nitrogen and oxygen atoms in total. The number of hydrogen-bond donors (Lipinski definition) is 1. The third-order valence-electron chi connectivity index (χ3n) is 2.82. The third-order valence-corrected chi connectivity index (χ3v) is 2.82. The Balaban J connectivity index is 2.67. The Kier molecular flexibility index (Phi) is 5.29. The van der Waals surface area contributed by atoms with Crippen LogP contribution in [0.15, 0.2) is 18.2 Å². The summed E-state index contributed by atoms with van der Waals surface area (Å²) in [4.78, 5) is 2.11. The summed E-state index contributed by atoms with van der Waals surface area (Å²) in [6, 6.07) is 6.40. The Labute approximate surface area is 98.2 Å². The van der Waals surface area contributed by atoms with Gasteiger partial charge in [0.2, 0.25) is 0 Å². The maximum Gasteiger partial charge on any atom is 0.122 e. The zero-order chi connectivity index (χ0) is 12.0. The van der Waals surface area contributed by atoms with Gasteiger partial charge in [-0.25, -0.2) is 0 Å². The second-order valence-corrected chi connectivity index (χ2v) is 4.01. The van der Waals surface area contributed by atoms with Crippen LogP contribution in [0.2, 0.25) is 0 Å². The molecule has 0 atom stereocenters. The van der Waals surface area contributed by atoms with Crippen LogP contribution in [-0.2, 0) is 12.8 Å². The van der Waals surface area contributed by atoms with E-state index in [2.05, 4.69) is 30.0 Å². The van der Waals surface area contributed by atoms with Gasteiger partial charge in [-0.2, -0.15) is 0 Å². The molecule has 16 heavy (non-hydrogen) atoms. The molecule has 0 aromatic heterocycles. The smallest absolute Gasteiger partial charge is 0.122 e. The van der Waals surface area contributed by atoms with Gasteiger partial charge in [-0.3, -0.25) is 4.90 Å². The molecule has 0 saturated carbocycles. The van der Waals surface area contributed by atoms with Crippen molar-refractivity contribution >= 4 is 0 Å². The lowest BCUT2D eigenvalue weighted by molar-refractivity contribution is 0.349. The topological polar surface area (TPSA) is 38.5 Å². The summed E-state index contributed by atoms with van der Waals surface area (Å²) < 4.78 is 5.31. The second-order valence-electron chi connectivity index (χ2n) is 4.01. The molecule has 0 fully saturated rings. The van der Waals surface area contributed by atoms with Crippen LogP contribution < -0.4 is 10.5 Å². The van der Waals surface area contributed by atoms with Crippen LogP contribution in [0.1, 0.15) is 18.1 Å². The Hall–Kier alpha value is -1.06. The van der Waals surface area contributed by atoms with E-state index in [9.17, 15) is 0 Å². The number of nitrogens with two attached hydrogens (primary N) is 1. The predicted molar refractivity (Wildman–Crippen MR) is 67.8 cm³/mol. The van der Waals surface area contributed by atoms with Gasteiger partial charge in [0.05, 0.1) is 7.11 Å². The molecular formula is C13H22N2O. The van der Waals surface area contributed by atoms with Crippen molar-refractivity contribution in [1.82, 2.24) is 4.90 Å². The molecule has 0 bridgehead atoms. The van der Waals surface area contributed by atoms with Gasteiger partial charge in [-0.15, -0.1) is 0 Å². The van der Waals surface area contributed by atoms with Crippen molar-refractivity contribution in [3.05, 3.63) is 29.3 Å². The standard InChI is InChI=1S/C13H22N2O/c1-4-12-9-11(5-6-13(12)16-3)7-8-15(2)10-14/h5-6,9H,4,7-8,10,14H2,1-3H3. The molecule has 0 aliphatic heterocycles. The molecule has 1 rings (SSSR count). The van der Waals surface area contributed by atoms with Crippen molar-refractivity contribution in [2.45, 2.75) is 19.8 Å². The summed E-state index contributed by atoms with van der Waals surface area (Å²) >= 11 is 0. The molecule has 0 saturated heterocycles. The lowest BCUT2D eigenvalue weighted by Gasteiger charge is -2.14. The van der Waals surface area contributed by atoms with Crippen molar-refractivity contribution in [2.24, 2.45) is 5.73 Å². The van der Waals surface area contributed by atoms with Crippen LogP contribution in [0.5, 0.6) is 5.75 Å². The highest BCUT2D eigenvalue weighted by Crippen LogP contribution is 2.20. The molecule has 0 heterocycles. The quantitative estimate of drug-likeness (QED) is 0.744. The summed E-state index contributed by atoms with van der Waals surface area (Å²) in [6.45, 7) is 3.75. The maximum atomic E-state index is 5.54. The Morgan fingerprint density at radius 3 is 2.69 bits per heavy atom. The first kappa shape index (κ1) is 13.0. The molecule has 2 N–H and O–H groups in total. The molecule has 0 unspecified atom stereocenters. The van der Waals surface area contributed by atoms with Crippen LogP contribution in [0, 0.1) is 0 Å². The zero-order valence-corrected chi connectivity index (χ0v) is 10.5. The normalized spacial score (nSPS) is 10.8. The lowest BCUT2D eigenvalue weighted by atomic mass is 10.1. The number of aryl methyl sites for hydroxylation is 1. The van der Waals surface area contributed by atoms with Gasteiger partial charge in [0.15, 0.2) is 0 Å². The van der Waals surface area contributed by atoms with Crippen LogP contribution in [0.3, 0.4) is 0 Å². The average molecular weight is 222 g/mol. The first-order chi connectivity index (χ1) is 7.71. The van der Waals surface area contributed by atoms with Crippen molar-refractivity contribution < 1.29 is 4.74 Å². The fraction of sp³-hybridized carbons (Fsp3) is 0.538. The highest BCUT2D eigenvalue weighted by atomic mass is 16.5. The first-order valence-corrected chi connectivity index (χ1v) is 5.75. The summed E-state index contributed by atoms with van der Waals surface area (Å²) in [6.07, 6.45) is 2.04. The number of ether oxygens (including phenoxy) is 1. The van der Waals surface area contributed by atoms with E-state index in [4.69, 9.17) is 10.5 Å². The summed E-state index contributed by atoms with van der Waals surface area (Å²) in [5.41, 5.74) is 8.16. The van der Waals surface area contributed by atoms with Gasteiger partial charge in [0, 0.05) is 13.2 Å². The number of nitrogens with zero attached hydrogens (tertiary/aromatic N) is 1. The second kappa shape index (κ2) is 6.51. The van der Waals surface area contributed by atoms with Crippen LogP contribution >= 0.6 is 0 Å². The molecule has 90 valence electrons. The molecule has 0 aliphatic carbocycles. The minimum atomic E-state index is 0.608. The van der Waals surface area contributed by atoms with Crippen molar-refractivity contribution in [2.75, 3.05) is 27.4 Å². The maximum absolute atomic E-state index is 5.54. The van der Waals surface area contributed by atoms with E-state index < -0.39 is 0 Å². The molecule has 3 heteroatoms. The number of rotatable bonds is 6. The monoisotopic (exact) mass is 222 g/mol. The van der Waals surface area contributed by atoms with E-state index in [1.165, 1.54) is 11.1 Å². The van der Waals surface area contributed by atoms with E-state index in [1.807, 2.05) is 7.05 Å². The minimum absolute atomic E-state index is 0.608. The zero-order valence-electron chi connectivity index (χ0n) is 10.5. The molecule has 1 aromatic rings. The van der Waals surface area contributed by atoms with Gasteiger partial charge in [-0.05, 0) is 37.1 Å². The largest absolute Gasteiger partial charge is 0.496 e. The summed E-state index contributed by atoms with van der Waals surface area (Å²) in [7, 11) is 3.75. The number of benzene rings is 1. The Bertz CT molecular complexity index is 326. The van der Waals surface area contributed by atoms with E-state index >= 15 is 0 Å². The van der Waals surface area contributed by atoms with Gasteiger partial charge in [0.1, 0.15) is 5.75 Å². The fourth-order valence-corrected chi connectivity index (χ4v) is 1.67. The van der Waals surface area contributed by atoms with Crippen LogP contribution in [0.4, 0.5) is 0 Å². The van der Waals surface area contributed by atoms with E-state index in [0.29, 0.717) is 6.67 Å². The average Bonchev–Trinajstić information content (AvgIpc) is 2.35. The number of methoxy groups -OCH3 is 1. The van der Waals surface area contributed by atoms with Gasteiger partial charge < -0.3 is 10.5 Å². The van der Waals surface area contributed by atoms with Crippen molar-refractivity contribution in [1.29, 1.82) is 0 Å². The lowest BCUT2D eigenvalue weighted by Crippen LogP contribution is -2.27. The van der Waals surface area contributed by atoms with Crippen molar-refractivity contribution in [3.8, 4) is 5.75 Å². The SMILES string of the molecule is CCc1cc(CCN(C)CN)ccc1OC. The molecular weight excluding hydrogens is 200 g/mol. The summed E-state index contributed by atoms with van der Waals surface area (Å²) in [5.74, 6) is 0.985. The highest BCUT2D eigenvalue weighted by molar-refractivity contribution is 5.37. The Morgan fingerprint density at radius 1 is 1.38 bits per heavy atom. The van der Waals surface area contributed by atoms with E-state index in [1.54, 1.807) is 7.11 Å². The molecule has 0 amide bonds. The first-order valence-electron chi connectivity index (χ1n) is 5.75. The Morgan fingerprint density at radius 2 is 2.12 bits per heavy atom. The van der Waals surface area contributed by atoms with Crippen LogP contribution in [0.25, 0.3) is 0 Å². The highest BCUT2D eigenvalue weighted by Gasteiger charge is 2.03. The molecule has 1 aromatic carbocycles. The van der Waals surface area contributed by atoms with Gasteiger partial charge in [0.25, 0.3) is 0 Å². The molecule has 0 spiro atoms. The molecule has 0 aliphatic rings. The third kappa shape index (κ3) is 3.51. The number of hydrogen-bond acceptors (Lipinski definition) is 3. The van der Waals surface area contributed by atoms with E-state index in [0.717, 1.165) is 25.1 Å².